The van der Waals surface area contributed by atoms with Crippen molar-refractivity contribution in [2.24, 2.45) is 5.16 Å². The number of oxime groups is 1. The number of nitrogens with one attached hydrogen (secondary N) is 1. The quantitative estimate of drug-likeness (QED) is 0.0890. The van der Waals surface area contributed by atoms with E-state index in [0.717, 1.165) is 16.4 Å². The number of nitrogens with two attached hydrogens (primary N) is 1. The molecule has 2 aromatic rings. The minimum Gasteiger partial charge on any atom is -0.477 e. The highest BCUT2D eigenvalue weighted by atomic mass is 32.1. The van der Waals surface area contributed by atoms with Crippen molar-refractivity contribution in [1.82, 2.24) is 19.6 Å². The molecule has 1 aromatic carbocycles. The van der Waals surface area contributed by atoms with E-state index in [2.05, 4.69) is 19.8 Å². The lowest BCUT2D eigenvalue weighted by Gasteiger charge is -2.50. The smallest absolute Gasteiger partial charge is 0.352 e. The molecular weight excluding hydrogens is 548 g/mol. The highest BCUT2D eigenvalue weighted by Gasteiger charge is 2.53. The standard InChI is InChI=1S/C23H20N8O8S/c24-23-26-18(28-40-23)16(27-37)19(32)25-15-14-5-4-10(17(22(35)36)30(14)21(15)34)8-11-6-7-29(20(11)33)12-2-1-3-13(9-12)31(38)39/h1-3,8-9,14-15,37H,4-7H2,(H,25,32)(H,35,36)(H2,24,26,28)/b11-8?,27-16-/t14-,15+/m0/s1. The minimum absolute atomic E-state index is 0.0361. The highest BCUT2D eigenvalue weighted by Crippen LogP contribution is 2.38. The summed E-state index contributed by atoms with van der Waals surface area (Å²) in [5.74, 6) is -3.66. The van der Waals surface area contributed by atoms with Crippen molar-refractivity contribution in [2.75, 3.05) is 17.2 Å². The fourth-order valence-corrected chi connectivity index (χ4v) is 5.38. The molecule has 40 heavy (non-hydrogen) atoms. The second-order valence-electron chi connectivity index (χ2n) is 9.00. The molecule has 5 N–H and O–H groups in total. The zero-order valence-corrected chi connectivity index (χ0v) is 21.2. The number of amides is 3. The lowest BCUT2D eigenvalue weighted by molar-refractivity contribution is -0.384. The van der Waals surface area contributed by atoms with E-state index >= 15 is 0 Å². The molecule has 206 valence electrons. The predicted octanol–water partition coefficient (Wildman–Crippen LogP) is 0.398. The first kappa shape index (κ1) is 26.4. The molecule has 4 heterocycles. The molecule has 0 saturated carbocycles. The normalized spacial score (nSPS) is 21.9. The number of carboxylic acids is 1. The first-order chi connectivity index (χ1) is 19.1. The number of nitro benzene ring substituents is 1. The second kappa shape index (κ2) is 10.2. The number of allylic oxidation sites excluding steroid dienone is 2. The van der Waals surface area contributed by atoms with Gasteiger partial charge >= 0.3 is 5.97 Å². The number of non-ortho nitro benzene ring substituents is 1. The molecule has 2 atom stereocenters. The Morgan fingerprint density at radius 2 is 2.08 bits per heavy atom. The Hall–Kier alpha value is -5.19. The maximum Gasteiger partial charge on any atom is 0.352 e. The molecule has 16 nitrogen and oxygen atoms in total. The predicted molar refractivity (Wildman–Crippen MR) is 137 cm³/mol. The van der Waals surface area contributed by atoms with Crippen LogP contribution >= 0.6 is 11.5 Å². The fourth-order valence-electron chi connectivity index (χ4n) is 4.94. The van der Waals surface area contributed by atoms with E-state index in [1.54, 1.807) is 6.07 Å². The van der Waals surface area contributed by atoms with Gasteiger partial charge < -0.3 is 26.3 Å². The Morgan fingerprint density at radius 3 is 2.73 bits per heavy atom. The van der Waals surface area contributed by atoms with E-state index < -0.39 is 46.4 Å². The summed E-state index contributed by atoms with van der Waals surface area (Å²) in [5.41, 5.74) is 5.39. The van der Waals surface area contributed by atoms with E-state index in [1.807, 2.05) is 0 Å². The van der Waals surface area contributed by atoms with E-state index in [0.29, 0.717) is 11.3 Å². The SMILES string of the molecule is Nc1nc(/C(=N/O)C(=O)N[C@H]2C(=O)N3C(C(=O)O)=C(C=C4CCN(c5cccc([N+](=O)[O-])c5)C4=O)CC[C@@H]23)ns1. The first-order valence-electron chi connectivity index (χ1n) is 11.8. The van der Waals surface area contributed by atoms with Gasteiger partial charge in [0.15, 0.2) is 5.13 Å². The lowest BCUT2D eigenvalue weighted by atomic mass is 9.83. The molecule has 2 fully saturated rings. The number of hydrogen-bond acceptors (Lipinski definition) is 12. The van der Waals surface area contributed by atoms with E-state index in [9.17, 15) is 39.6 Å². The monoisotopic (exact) mass is 568 g/mol. The molecule has 3 amide bonds. The first-order valence-corrected chi connectivity index (χ1v) is 12.6. The summed E-state index contributed by atoms with van der Waals surface area (Å²) >= 11 is 0.779. The number of anilines is 2. The van der Waals surface area contributed by atoms with Crippen LogP contribution in [0.4, 0.5) is 16.5 Å². The molecule has 0 spiro atoms. The lowest BCUT2D eigenvalue weighted by Crippen LogP contribution is -2.72. The van der Waals surface area contributed by atoms with Gasteiger partial charge in [-0.15, -0.1) is 0 Å². The average molecular weight is 569 g/mol. The number of fused-ring (bicyclic) bond motifs is 1. The number of carbonyl (C=O) groups excluding carboxylic acids is 3. The van der Waals surface area contributed by atoms with Crippen molar-refractivity contribution in [3.05, 3.63) is 63.1 Å². The summed E-state index contributed by atoms with van der Waals surface area (Å²) in [5, 5.41) is 35.7. The van der Waals surface area contributed by atoms with Gasteiger partial charge in [-0.3, -0.25) is 29.4 Å². The Bertz CT molecular complexity index is 1560. The fraction of sp³-hybridized carbons (Fsp3) is 0.261. The van der Waals surface area contributed by atoms with Gasteiger partial charge in [-0.1, -0.05) is 11.2 Å². The second-order valence-corrected chi connectivity index (χ2v) is 9.79. The van der Waals surface area contributed by atoms with E-state index in [4.69, 9.17) is 5.73 Å². The Balaban J connectivity index is 1.35. The van der Waals surface area contributed by atoms with Crippen LogP contribution in [0.2, 0.25) is 0 Å². The third kappa shape index (κ3) is 4.51. The number of nitrogen functional groups attached to an aromatic ring is 1. The zero-order chi connectivity index (χ0) is 28.7. The molecule has 1 aromatic heterocycles. The molecular formula is C23H20N8O8S. The van der Waals surface area contributed by atoms with Gasteiger partial charge in [-0.25, -0.2) is 4.79 Å². The van der Waals surface area contributed by atoms with Gasteiger partial charge in [-0.2, -0.15) is 9.36 Å². The average Bonchev–Trinajstić information content (AvgIpc) is 3.52. The number of carboxylic acid groups (broad SMARTS) is 1. The number of hydrogen-bond donors (Lipinski definition) is 4. The Kier molecular flexibility index (Phi) is 6.72. The van der Waals surface area contributed by atoms with Crippen LogP contribution in [-0.4, -0.2) is 77.5 Å². The molecule has 0 radical (unpaired) electrons. The molecule has 5 rings (SSSR count). The van der Waals surface area contributed by atoms with Crippen LogP contribution in [0.15, 0.2) is 52.3 Å². The number of β-lactam (4-membered cyclic amide) rings is 1. The largest absolute Gasteiger partial charge is 0.477 e. The van der Waals surface area contributed by atoms with Crippen LogP contribution in [0.3, 0.4) is 0 Å². The summed E-state index contributed by atoms with van der Waals surface area (Å²) in [6, 6.07) is 3.87. The molecule has 3 aliphatic heterocycles. The van der Waals surface area contributed by atoms with Crippen molar-refractivity contribution in [3.63, 3.8) is 0 Å². The minimum atomic E-state index is -1.38. The third-order valence-corrected chi connectivity index (χ3v) is 7.30. The topological polar surface area (TPSA) is 235 Å². The van der Waals surface area contributed by atoms with Gasteiger partial charge in [0.05, 0.1) is 16.7 Å². The number of benzene rings is 1. The maximum atomic E-state index is 13.1. The molecule has 0 aliphatic carbocycles. The summed E-state index contributed by atoms with van der Waals surface area (Å²) in [6.07, 6.45) is 2.20. The number of nitrogens with zero attached hydrogens (tertiary/aromatic N) is 6. The molecule has 17 heteroatoms. The summed E-state index contributed by atoms with van der Waals surface area (Å²) < 4.78 is 3.80. The van der Waals surface area contributed by atoms with Crippen molar-refractivity contribution in [2.45, 2.75) is 31.3 Å². The number of aromatic nitrogens is 2. The molecule has 0 bridgehead atoms. The Labute approximate surface area is 228 Å². The zero-order valence-electron chi connectivity index (χ0n) is 20.4. The number of rotatable bonds is 7. The van der Waals surface area contributed by atoms with Crippen LogP contribution in [0.1, 0.15) is 25.1 Å². The maximum absolute atomic E-state index is 13.1. The van der Waals surface area contributed by atoms with Crippen LogP contribution < -0.4 is 16.0 Å². The van der Waals surface area contributed by atoms with Gasteiger partial charge in [0, 0.05) is 35.8 Å². The van der Waals surface area contributed by atoms with Crippen molar-refractivity contribution in [3.8, 4) is 0 Å². The highest BCUT2D eigenvalue weighted by molar-refractivity contribution is 7.09. The van der Waals surface area contributed by atoms with E-state index in [-0.39, 0.29) is 53.7 Å². The number of nitro groups is 1. The molecule has 3 aliphatic rings. The summed E-state index contributed by atoms with van der Waals surface area (Å²) in [6.45, 7) is 0.245. The van der Waals surface area contributed by atoms with Crippen LogP contribution in [0, 0.1) is 10.1 Å². The summed E-state index contributed by atoms with van der Waals surface area (Å²) in [4.78, 5) is 67.7. The number of carbonyl (C=O) groups is 4. The third-order valence-electron chi connectivity index (χ3n) is 6.76. The summed E-state index contributed by atoms with van der Waals surface area (Å²) in [7, 11) is 0. The van der Waals surface area contributed by atoms with Gasteiger partial charge in [-0.05, 0) is 37.0 Å². The van der Waals surface area contributed by atoms with Crippen LogP contribution in [-0.2, 0) is 19.2 Å². The van der Waals surface area contributed by atoms with Crippen molar-refractivity contribution >= 4 is 57.4 Å². The van der Waals surface area contributed by atoms with Gasteiger partial charge in [0.1, 0.15) is 11.7 Å². The van der Waals surface area contributed by atoms with E-state index in [1.165, 1.54) is 29.2 Å². The van der Waals surface area contributed by atoms with Crippen molar-refractivity contribution in [1.29, 1.82) is 0 Å². The number of aliphatic carboxylic acids is 1. The van der Waals surface area contributed by atoms with Crippen LogP contribution in [0.5, 0.6) is 0 Å². The van der Waals surface area contributed by atoms with Crippen LogP contribution in [0.25, 0.3) is 0 Å². The molecule has 0 unspecified atom stereocenters. The van der Waals surface area contributed by atoms with Crippen molar-refractivity contribution < 1.29 is 34.4 Å². The van der Waals surface area contributed by atoms with Gasteiger partial charge in [0.2, 0.25) is 11.5 Å². The molecule has 2 saturated heterocycles. The van der Waals surface area contributed by atoms with Gasteiger partial charge in [0.25, 0.3) is 23.4 Å². The Morgan fingerprint density at radius 1 is 1.30 bits per heavy atom.